The number of hydrogen-bond donors (Lipinski definition) is 1. The molecule has 2 aliphatic rings. The van der Waals surface area contributed by atoms with Crippen LogP contribution in [0.25, 0.3) is 0 Å². The molecular formula is C14H27NO. The summed E-state index contributed by atoms with van der Waals surface area (Å²) in [6.45, 7) is 8.82. The number of methoxy groups -OCH3 is 1. The molecule has 3 unspecified atom stereocenters. The minimum absolute atomic E-state index is 0.225. The Hall–Kier alpha value is -0.0800. The van der Waals surface area contributed by atoms with Gasteiger partial charge in [-0.05, 0) is 51.9 Å². The Bertz CT molecular complexity index is 246. The van der Waals surface area contributed by atoms with Gasteiger partial charge in [0.25, 0.3) is 0 Å². The average Bonchev–Trinajstić information content (AvgIpc) is 2.74. The second-order valence-corrected chi connectivity index (χ2v) is 6.98. The molecule has 0 amide bonds. The van der Waals surface area contributed by atoms with Crippen molar-refractivity contribution in [1.29, 1.82) is 0 Å². The second-order valence-electron chi connectivity index (χ2n) is 6.98. The summed E-state index contributed by atoms with van der Waals surface area (Å²) in [5.41, 5.74) is 0.660. The molecule has 0 spiro atoms. The monoisotopic (exact) mass is 225 g/mol. The summed E-state index contributed by atoms with van der Waals surface area (Å²) >= 11 is 0. The minimum Gasteiger partial charge on any atom is -0.384 e. The summed E-state index contributed by atoms with van der Waals surface area (Å²) < 4.78 is 5.51. The van der Waals surface area contributed by atoms with Crippen LogP contribution in [0.15, 0.2) is 0 Å². The van der Waals surface area contributed by atoms with Crippen molar-refractivity contribution in [3.63, 3.8) is 0 Å². The van der Waals surface area contributed by atoms with E-state index in [-0.39, 0.29) is 5.54 Å². The molecule has 2 bridgehead atoms. The van der Waals surface area contributed by atoms with Crippen molar-refractivity contribution in [1.82, 2.24) is 5.32 Å². The lowest BCUT2D eigenvalue weighted by molar-refractivity contribution is 0.0301. The molecule has 2 nitrogen and oxygen atoms in total. The highest BCUT2D eigenvalue weighted by molar-refractivity contribution is 5.02. The number of hydrogen-bond acceptors (Lipinski definition) is 2. The van der Waals surface area contributed by atoms with Crippen LogP contribution in [0.5, 0.6) is 0 Å². The zero-order valence-corrected chi connectivity index (χ0v) is 11.3. The predicted molar refractivity (Wildman–Crippen MR) is 67.5 cm³/mol. The van der Waals surface area contributed by atoms with Crippen LogP contribution < -0.4 is 5.32 Å². The third-order valence-corrected chi connectivity index (χ3v) is 4.51. The first-order valence-corrected chi connectivity index (χ1v) is 6.69. The molecule has 2 heteroatoms. The van der Waals surface area contributed by atoms with Gasteiger partial charge >= 0.3 is 0 Å². The normalized spacial score (nSPS) is 38.2. The molecule has 2 saturated carbocycles. The number of fused-ring (bicyclic) bond motifs is 2. The van der Waals surface area contributed by atoms with Gasteiger partial charge in [0.1, 0.15) is 0 Å². The zero-order valence-electron chi connectivity index (χ0n) is 11.3. The summed E-state index contributed by atoms with van der Waals surface area (Å²) in [6.07, 6.45) is 5.73. The first-order valence-electron chi connectivity index (χ1n) is 6.69. The van der Waals surface area contributed by atoms with Crippen LogP contribution in [0.3, 0.4) is 0 Å². The van der Waals surface area contributed by atoms with Crippen LogP contribution in [0.1, 0.15) is 46.5 Å². The Morgan fingerprint density at radius 1 is 1.31 bits per heavy atom. The molecule has 94 valence electrons. The van der Waals surface area contributed by atoms with Crippen LogP contribution in [0.4, 0.5) is 0 Å². The summed E-state index contributed by atoms with van der Waals surface area (Å²) in [4.78, 5) is 0. The Morgan fingerprint density at radius 2 is 2.06 bits per heavy atom. The van der Waals surface area contributed by atoms with Crippen LogP contribution in [-0.4, -0.2) is 25.8 Å². The molecule has 0 saturated heterocycles. The predicted octanol–water partition coefficient (Wildman–Crippen LogP) is 2.83. The maximum absolute atomic E-state index is 5.51. The van der Waals surface area contributed by atoms with E-state index in [2.05, 4.69) is 26.1 Å². The van der Waals surface area contributed by atoms with Crippen LogP contribution >= 0.6 is 0 Å². The molecular weight excluding hydrogens is 198 g/mol. The molecule has 0 heterocycles. The summed E-state index contributed by atoms with van der Waals surface area (Å²) in [5, 5.41) is 3.69. The van der Waals surface area contributed by atoms with E-state index in [1.54, 1.807) is 0 Å². The van der Waals surface area contributed by atoms with Crippen molar-refractivity contribution in [2.24, 2.45) is 17.3 Å². The van der Waals surface area contributed by atoms with Crippen LogP contribution in [-0.2, 0) is 4.74 Å². The largest absolute Gasteiger partial charge is 0.384 e. The molecule has 1 N–H and O–H groups in total. The van der Waals surface area contributed by atoms with E-state index < -0.39 is 0 Å². The molecule has 0 aromatic carbocycles. The van der Waals surface area contributed by atoms with Crippen molar-refractivity contribution in [3.05, 3.63) is 0 Å². The van der Waals surface area contributed by atoms with E-state index in [9.17, 15) is 0 Å². The van der Waals surface area contributed by atoms with Crippen LogP contribution in [0, 0.1) is 17.3 Å². The van der Waals surface area contributed by atoms with Gasteiger partial charge in [-0.25, -0.2) is 0 Å². The van der Waals surface area contributed by atoms with Gasteiger partial charge in [0.15, 0.2) is 0 Å². The van der Waals surface area contributed by atoms with Gasteiger partial charge in [-0.1, -0.05) is 6.42 Å². The highest BCUT2D eigenvalue weighted by atomic mass is 16.5. The maximum Gasteiger partial charge on any atom is 0.0533 e. The molecule has 0 radical (unpaired) electrons. The third kappa shape index (κ3) is 2.43. The van der Waals surface area contributed by atoms with E-state index in [4.69, 9.17) is 4.74 Å². The van der Waals surface area contributed by atoms with Gasteiger partial charge in [-0.3, -0.25) is 0 Å². The highest BCUT2D eigenvalue weighted by Gasteiger charge is 2.50. The van der Waals surface area contributed by atoms with Gasteiger partial charge in [0, 0.05) is 24.6 Å². The standard InChI is InChI=1S/C14H27NO/c1-13(2,3)15-9-14(10-16-4)8-11-5-6-12(14)7-11/h11-12,15H,5-10H2,1-4H3. The van der Waals surface area contributed by atoms with Crippen molar-refractivity contribution in [2.75, 3.05) is 20.3 Å². The van der Waals surface area contributed by atoms with E-state index in [0.717, 1.165) is 25.0 Å². The van der Waals surface area contributed by atoms with Crippen LogP contribution in [0.2, 0.25) is 0 Å². The molecule has 3 atom stereocenters. The molecule has 2 rings (SSSR count). The number of rotatable bonds is 4. The fourth-order valence-corrected chi connectivity index (χ4v) is 3.73. The van der Waals surface area contributed by atoms with Gasteiger partial charge in [-0.15, -0.1) is 0 Å². The van der Waals surface area contributed by atoms with Crippen molar-refractivity contribution >= 4 is 0 Å². The Balaban J connectivity index is 2.00. The quantitative estimate of drug-likeness (QED) is 0.794. The summed E-state index contributed by atoms with van der Waals surface area (Å²) in [5.74, 6) is 1.90. The average molecular weight is 225 g/mol. The molecule has 0 aliphatic heterocycles. The van der Waals surface area contributed by atoms with E-state index in [1.165, 1.54) is 25.7 Å². The zero-order chi connectivity index (χ0) is 11.8. The fraction of sp³-hybridized carbons (Fsp3) is 1.00. The highest BCUT2D eigenvalue weighted by Crippen LogP contribution is 2.55. The molecule has 0 aromatic rings. The maximum atomic E-state index is 5.51. The molecule has 0 aromatic heterocycles. The van der Waals surface area contributed by atoms with Gasteiger partial charge < -0.3 is 10.1 Å². The second kappa shape index (κ2) is 4.30. The summed E-state index contributed by atoms with van der Waals surface area (Å²) in [6, 6.07) is 0. The molecule has 2 aliphatic carbocycles. The van der Waals surface area contributed by atoms with Crippen molar-refractivity contribution < 1.29 is 4.74 Å². The number of nitrogens with one attached hydrogen (secondary N) is 1. The smallest absolute Gasteiger partial charge is 0.0533 e. The third-order valence-electron chi connectivity index (χ3n) is 4.51. The fourth-order valence-electron chi connectivity index (χ4n) is 3.73. The Morgan fingerprint density at radius 3 is 2.50 bits per heavy atom. The minimum atomic E-state index is 0.225. The van der Waals surface area contributed by atoms with Crippen molar-refractivity contribution in [2.45, 2.75) is 52.0 Å². The lowest BCUT2D eigenvalue weighted by Gasteiger charge is -2.39. The van der Waals surface area contributed by atoms with Gasteiger partial charge in [0.05, 0.1) is 6.61 Å². The number of ether oxygens (including phenoxy) is 1. The Labute approximate surface area is 100 Å². The first-order chi connectivity index (χ1) is 7.45. The summed E-state index contributed by atoms with van der Waals surface area (Å²) in [7, 11) is 1.85. The lowest BCUT2D eigenvalue weighted by Crippen LogP contribution is -2.48. The SMILES string of the molecule is COCC1(CNC(C)(C)C)CC2CCC1C2. The molecule has 16 heavy (non-hydrogen) atoms. The van der Waals surface area contributed by atoms with Gasteiger partial charge in [-0.2, -0.15) is 0 Å². The topological polar surface area (TPSA) is 21.3 Å². The van der Waals surface area contributed by atoms with E-state index >= 15 is 0 Å². The lowest BCUT2D eigenvalue weighted by atomic mass is 9.73. The van der Waals surface area contributed by atoms with E-state index in [1.807, 2.05) is 7.11 Å². The first kappa shape index (κ1) is 12.4. The van der Waals surface area contributed by atoms with Gasteiger partial charge in [0.2, 0.25) is 0 Å². The Kier molecular flexibility index (Phi) is 3.33. The van der Waals surface area contributed by atoms with E-state index in [0.29, 0.717) is 5.41 Å². The molecule has 2 fully saturated rings. The van der Waals surface area contributed by atoms with Crippen molar-refractivity contribution in [3.8, 4) is 0 Å².